The fourth-order valence-electron chi connectivity index (χ4n) is 1.64. The Labute approximate surface area is 116 Å². The number of sulfonamides is 1. The fraction of sp³-hybridized carbons (Fsp3) is 0.455. The molecule has 0 spiro atoms. The van der Waals surface area contributed by atoms with Crippen molar-refractivity contribution in [3.05, 3.63) is 34.1 Å². The predicted octanol–water partition coefficient (Wildman–Crippen LogP) is 0.868. The van der Waals surface area contributed by atoms with Gasteiger partial charge in [-0.1, -0.05) is 13.0 Å². The maximum absolute atomic E-state index is 13.4. The molecule has 0 aliphatic heterocycles. The molecule has 0 aliphatic rings. The number of hydrogen-bond donors (Lipinski definition) is 2. The van der Waals surface area contributed by atoms with Crippen LogP contribution < -0.4 is 10.0 Å². The lowest BCUT2D eigenvalue weighted by atomic mass is 10.2. The third-order valence-corrected chi connectivity index (χ3v) is 4.05. The van der Waals surface area contributed by atoms with E-state index < -0.39 is 31.3 Å². The second kappa shape index (κ2) is 6.73. The molecule has 1 aromatic carbocycles. The summed E-state index contributed by atoms with van der Waals surface area (Å²) in [6, 6.07) is 2.97. The maximum Gasteiger partial charge on any atom is 0.324 e. The van der Waals surface area contributed by atoms with Crippen LogP contribution in [0.15, 0.2) is 23.1 Å². The van der Waals surface area contributed by atoms with Crippen LogP contribution >= 0.6 is 0 Å². The Kier molecular flexibility index (Phi) is 5.54. The van der Waals surface area contributed by atoms with Crippen molar-refractivity contribution in [1.82, 2.24) is 10.0 Å². The lowest BCUT2D eigenvalue weighted by Crippen LogP contribution is -2.32. The second-order valence-corrected chi connectivity index (χ2v) is 6.09. The molecular weight excluding hydrogens is 289 g/mol. The number of nitrogens with zero attached hydrogens (tertiary/aromatic N) is 1. The van der Waals surface area contributed by atoms with Gasteiger partial charge in [-0.25, -0.2) is 13.1 Å². The van der Waals surface area contributed by atoms with E-state index in [0.29, 0.717) is 6.54 Å². The van der Waals surface area contributed by atoms with Crippen LogP contribution in [0.3, 0.4) is 0 Å². The molecule has 0 aromatic heterocycles. The Morgan fingerprint density at radius 2 is 2.05 bits per heavy atom. The summed E-state index contributed by atoms with van der Waals surface area (Å²) in [5, 5.41) is 13.7. The maximum atomic E-state index is 13.4. The van der Waals surface area contributed by atoms with Crippen LogP contribution in [0, 0.1) is 21.8 Å². The number of nitrogens with one attached hydrogen (secondary N) is 2. The highest BCUT2D eigenvalue weighted by Gasteiger charge is 2.29. The largest absolute Gasteiger partial charge is 0.324 e. The van der Waals surface area contributed by atoms with Gasteiger partial charge >= 0.3 is 5.69 Å². The average Bonchev–Trinajstić information content (AvgIpc) is 2.36. The van der Waals surface area contributed by atoms with Crippen LogP contribution in [0.1, 0.15) is 6.92 Å². The quantitative estimate of drug-likeness (QED) is 0.575. The Balaban J connectivity index is 3.04. The highest BCUT2D eigenvalue weighted by Crippen LogP contribution is 2.26. The number of nitro groups is 1. The lowest BCUT2D eigenvalue weighted by Gasteiger charge is -2.12. The minimum atomic E-state index is -4.13. The molecule has 0 radical (unpaired) electrons. The Bertz CT molecular complexity index is 591. The third kappa shape index (κ3) is 3.95. The van der Waals surface area contributed by atoms with E-state index in [2.05, 4.69) is 10.0 Å². The number of benzene rings is 1. The van der Waals surface area contributed by atoms with Crippen molar-refractivity contribution in [3.8, 4) is 0 Å². The van der Waals surface area contributed by atoms with Crippen molar-refractivity contribution in [2.24, 2.45) is 5.92 Å². The van der Waals surface area contributed by atoms with Gasteiger partial charge < -0.3 is 5.32 Å². The molecule has 7 nitrogen and oxygen atoms in total. The predicted molar refractivity (Wildman–Crippen MR) is 71.3 cm³/mol. The SMILES string of the molecule is CNCC(C)CNS(=O)(=O)c1cccc(F)c1[N+](=O)[O-]. The van der Waals surface area contributed by atoms with Crippen molar-refractivity contribution in [2.75, 3.05) is 20.1 Å². The summed E-state index contributed by atoms with van der Waals surface area (Å²) in [6.07, 6.45) is 0. The molecule has 0 heterocycles. The van der Waals surface area contributed by atoms with Gasteiger partial charge in [0.15, 0.2) is 4.90 Å². The summed E-state index contributed by atoms with van der Waals surface area (Å²) in [5.41, 5.74) is -1.04. The number of hydrogen-bond acceptors (Lipinski definition) is 5. The molecule has 112 valence electrons. The smallest absolute Gasteiger partial charge is 0.319 e. The first-order valence-electron chi connectivity index (χ1n) is 5.86. The van der Waals surface area contributed by atoms with E-state index in [0.717, 1.165) is 18.2 Å². The highest BCUT2D eigenvalue weighted by atomic mass is 32.2. The van der Waals surface area contributed by atoms with Gasteiger partial charge in [0.05, 0.1) is 4.92 Å². The van der Waals surface area contributed by atoms with E-state index in [1.165, 1.54) is 0 Å². The van der Waals surface area contributed by atoms with E-state index >= 15 is 0 Å². The Morgan fingerprint density at radius 1 is 1.40 bits per heavy atom. The van der Waals surface area contributed by atoms with Gasteiger partial charge in [0.1, 0.15) is 0 Å². The minimum Gasteiger partial charge on any atom is -0.319 e. The molecule has 9 heteroatoms. The Morgan fingerprint density at radius 3 is 2.60 bits per heavy atom. The van der Waals surface area contributed by atoms with Gasteiger partial charge in [-0.15, -0.1) is 0 Å². The van der Waals surface area contributed by atoms with Crippen LogP contribution in [0.4, 0.5) is 10.1 Å². The van der Waals surface area contributed by atoms with Crippen molar-refractivity contribution < 1.29 is 17.7 Å². The van der Waals surface area contributed by atoms with Crippen molar-refractivity contribution >= 4 is 15.7 Å². The summed E-state index contributed by atoms with van der Waals surface area (Å²) >= 11 is 0. The van der Waals surface area contributed by atoms with E-state index in [1.807, 2.05) is 0 Å². The number of nitro benzene ring substituents is 1. The molecule has 0 saturated heterocycles. The standard InChI is InChI=1S/C11H16FN3O4S/c1-8(6-13-2)7-14-20(18,19)10-5-3-4-9(12)11(10)15(16)17/h3-5,8,13-14H,6-7H2,1-2H3. The molecule has 0 fully saturated rings. The first-order chi connectivity index (χ1) is 9.29. The summed E-state index contributed by atoms with van der Waals surface area (Å²) in [7, 11) is -2.41. The van der Waals surface area contributed by atoms with Crippen molar-refractivity contribution in [1.29, 1.82) is 0 Å². The lowest BCUT2D eigenvalue weighted by molar-refractivity contribution is -0.390. The topological polar surface area (TPSA) is 101 Å². The summed E-state index contributed by atoms with van der Waals surface area (Å²) in [4.78, 5) is 9.09. The fourth-order valence-corrected chi connectivity index (χ4v) is 2.98. The van der Waals surface area contributed by atoms with Crippen molar-refractivity contribution in [3.63, 3.8) is 0 Å². The van der Waals surface area contributed by atoms with Crippen LogP contribution in [0.2, 0.25) is 0 Å². The van der Waals surface area contributed by atoms with Crippen LogP contribution in [0.5, 0.6) is 0 Å². The molecule has 1 aromatic rings. The zero-order valence-corrected chi connectivity index (χ0v) is 11.9. The summed E-state index contributed by atoms with van der Waals surface area (Å²) < 4.78 is 39.7. The summed E-state index contributed by atoms with van der Waals surface area (Å²) in [5.74, 6) is -1.19. The summed E-state index contributed by atoms with van der Waals surface area (Å²) in [6.45, 7) is 2.48. The van der Waals surface area contributed by atoms with E-state index in [1.54, 1.807) is 14.0 Å². The molecule has 1 unspecified atom stereocenters. The third-order valence-electron chi connectivity index (χ3n) is 2.60. The second-order valence-electron chi connectivity index (χ2n) is 4.36. The molecule has 0 amide bonds. The molecule has 0 saturated carbocycles. The van der Waals surface area contributed by atoms with Crippen LogP contribution in [-0.4, -0.2) is 33.5 Å². The first kappa shape index (κ1) is 16.5. The van der Waals surface area contributed by atoms with Gasteiger partial charge in [0.2, 0.25) is 15.8 Å². The van der Waals surface area contributed by atoms with Gasteiger partial charge in [0.25, 0.3) is 0 Å². The van der Waals surface area contributed by atoms with E-state index in [9.17, 15) is 22.9 Å². The molecule has 1 atom stereocenters. The van der Waals surface area contributed by atoms with Crippen LogP contribution in [0.25, 0.3) is 0 Å². The average molecular weight is 305 g/mol. The molecule has 0 bridgehead atoms. The van der Waals surface area contributed by atoms with Crippen molar-refractivity contribution in [2.45, 2.75) is 11.8 Å². The molecule has 1 rings (SSSR count). The monoisotopic (exact) mass is 305 g/mol. The molecule has 20 heavy (non-hydrogen) atoms. The number of halogens is 1. The molecule has 0 aliphatic carbocycles. The van der Waals surface area contributed by atoms with Gasteiger partial charge in [-0.3, -0.25) is 10.1 Å². The number of para-hydroxylation sites is 1. The molecular formula is C11H16FN3O4S. The van der Waals surface area contributed by atoms with E-state index in [-0.39, 0.29) is 12.5 Å². The van der Waals surface area contributed by atoms with Crippen LogP contribution in [-0.2, 0) is 10.0 Å². The minimum absolute atomic E-state index is 0.0117. The first-order valence-corrected chi connectivity index (χ1v) is 7.35. The zero-order valence-electron chi connectivity index (χ0n) is 11.1. The van der Waals surface area contributed by atoms with Gasteiger partial charge in [-0.2, -0.15) is 4.39 Å². The normalized spacial score (nSPS) is 13.2. The van der Waals surface area contributed by atoms with Gasteiger partial charge in [-0.05, 0) is 31.6 Å². The molecule has 2 N–H and O–H groups in total. The van der Waals surface area contributed by atoms with Gasteiger partial charge in [0, 0.05) is 6.54 Å². The zero-order chi connectivity index (χ0) is 15.3. The Hall–Kier alpha value is -1.58. The number of rotatable bonds is 7. The van der Waals surface area contributed by atoms with E-state index in [4.69, 9.17) is 0 Å². The highest BCUT2D eigenvalue weighted by molar-refractivity contribution is 7.89.